The molecule has 0 aliphatic carbocycles. The minimum absolute atomic E-state index is 0.0686. The first-order valence-corrected chi connectivity index (χ1v) is 5.86. The van der Waals surface area contributed by atoms with Gasteiger partial charge in [0.2, 0.25) is 0 Å². The second-order valence-electron chi connectivity index (χ2n) is 4.16. The predicted octanol–water partition coefficient (Wildman–Crippen LogP) is 2.86. The topological polar surface area (TPSA) is 51.8 Å². The van der Waals surface area contributed by atoms with Gasteiger partial charge in [0, 0.05) is 18.0 Å². The van der Waals surface area contributed by atoms with E-state index in [1.54, 1.807) is 0 Å². The standard InChI is InChI=1S/C14H17N3/c1-3-13(15)14-16-8-11(9-17-14)12-7-5-4-6-10(12)2/h4-9,13H,3,15H2,1-2H3. The van der Waals surface area contributed by atoms with Crippen LogP contribution in [0.5, 0.6) is 0 Å². The molecule has 0 fully saturated rings. The molecule has 88 valence electrons. The number of nitrogens with zero attached hydrogens (tertiary/aromatic N) is 2. The van der Waals surface area contributed by atoms with Gasteiger partial charge < -0.3 is 5.73 Å². The number of nitrogens with two attached hydrogens (primary N) is 1. The van der Waals surface area contributed by atoms with Crippen molar-refractivity contribution in [2.75, 3.05) is 0 Å². The SMILES string of the molecule is CCC(N)c1ncc(-c2ccccc2C)cn1. The fourth-order valence-corrected chi connectivity index (χ4v) is 1.75. The van der Waals surface area contributed by atoms with Crippen LogP contribution >= 0.6 is 0 Å². The minimum atomic E-state index is -0.0686. The van der Waals surface area contributed by atoms with E-state index >= 15 is 0 Å². The van der Waals surface area contributed by atoms with E-state index in [1.165, 1.54) is 11.1 Å². The molecule has 0 saturated carbocycles. The first-order valence-electron chi connectivity index (χ1n) is 5.86. The Kier molecular flexibility index (Phi) is 3.49. The molecule has 0 aliphatic heterocycles. The van der Waals surface area contributed by atoms with Crippen LogP contribution in [0.1, 0.15) is 30.8 Å². The molecule has 1 heterocycles. The first-order chi connectivity index (χ1) is 8.22. The van der Waals surface area contributed by atoms with Gasteiger partial charge in [-0.25, -0.2) is 9.97 Å². The fraction of sp³-hybridized carbons (Fsp3) is 0.286. The lowest BCUT2D eigenvalue weighted by Crippen LogP contribution is -2.12. The summed E-state index contributed by atoms with van der Waals surface area (Å²) in [6.07, 6.45) is 4.55. The Morgan fingerprint density at radius 3 is 2.41 bits per heavy atom. The highest BCUT2D eigenvalue weighted by molar-refractivity contribution is 5.65. The number of aromatic nitrogens is 2. The highest BCUT2D eigenvalue weighted by Crippen LogP contribution is 2.22. The molecule has 3 heteroatoms. The normalized spacial score (nSPS) is 12.4. The largest absolute Gasteiger partial charge is 0.321 e. The van der Waals surface area contributed by atoms with Gasteiger partial charge in [0.15, 0.2) is 0 Å². The van der Waals surface area contributed by atoms with Crippen LogP contribution in [0.25, 0.3) is 11.1 Å². The zero-order chi connectivity index (χ0) is 12.3. The Morgan fingerprint density at radius 2 is 1.82 bits per heavy atom. The smallest absolute Gasteiger partial charge is 0.144 e. The van der Waals surface area contributed by atoms with Crippen LogP contribution in [0, 0.1) is 6.92 Å². The van der Waals surface area contributed by atoms with Crippen LogP contribution in [0.2, 0.25) is 0 Å². The van der Waals surface area contributed by atoms with Crippen molar-refractivity contribution in [3.8, 4) is 11.1 Å². The molecule has 0 spiro atoms. The molecule has 17 heavy (non-hydrogen) atoms. The Labute approximate surface area is 102 Å². The Hall–Kier alpha value is -1.74. The maximum Gasteiger partial charge on any atom is 0.144 e. The summed E-state index contributed by atoms with van der Waals surface area (Å²) >= 11 is 0. The first kappa shape index (κ1) is 11.7. The van der Waals surface area contributed by atoms with Crippen molar-refractivity contribution < 1.29 is 0 Å². The second-order valence-corrected chi connectivity index (χ2v) is 4.16. The molecular formula is C14H17N3. The van der Waals surface area contributed by atoms with Crippen LogP contribution in [0.3, 0.4) is 0 Å². The Morgan fingerprint density at radius 1 is 1.18 bits per heavy atom. The van der Waals surface area contributed by atoms with Crippen molar-refractivity contribution in [1.82, 2.24) is 9.97 Å². The van der Waals surface area contributed by atoms with E-state index in [2.05, 4.69) is 29.0 Å². The van der Waals surface area contributed by atoms with Gasteiger partial charge in [0.05, 0.1) is 6.04 Å². The average Bonchev–Trinajstić information content (AvgIpc) is 2.39. The van der Waals surface area contributed by atoms with Crippen molar-refractivity contribution in [1.29, 1.82) is 0 Å². The summed E-state index contributed by atoms with van der Waals surface area (Å²) in [5.74, 6) is 0.713. The molecule has 2 rings (SSSR count). The molecule has 0 amide bonds. The predicted molar refractivity (Wildman–Crippen MR) is 69.4 cm³/mol. The van der Waals surface area contributed by atoms with Crippen molar-refractivity contribution in [2.45, 2.75) is 26.3 Å². The summed E-state index contributed by atoms with van der Waals surface area (Å²) in [4.78, 5) is 8.66. The van der Waals surface area contributed by atoms with E-state index in [1.807, 2.05) is 31.5 Å². The van der Waals surface area contributed by atoms with Crippen LogP contribution in [0.4, 0.5) is 0 Å². The van der Waals surface area contributed by atoms with Crippen molar-refractivity contribution in [3.63, 3.8) is 0 Å². The van der Waals surface area contributed by atoms with Crippen molar-refractivity contribution in [2.24, 2.45) is 5.73 Å². The fourth-order valence-electron chi connectivity index (χ4n) is 1.75. The van der Waals surface area contributed by atoms with Gasteiger partial charge in [-0.1, -0.05) is 31.2 Å². The molecule has 3 nitrogen and oxygen atoms in total. The summed E-state index contributed by atoms with van der Waals surface area (Å²) < 4.78 is 0. The Balaban J connectivity index is 2.33. The third kappa shape index (κ3) is 2.50. The number of aryl methyl sites for hydroxylation is 1. The minimum Gasteiger partial charge on any atom is -0.321 e. The van der Waals surface area contributed by atoms with Gasteiger partial charge in [-0.05, 0) is 24.5 Å². The molecule has 1 aromatic carbocycles. The Bertz CT molecular complexity index is 491. The van der Waals surface area contributed by atoms with E-state index in [9.17, 15) is 0 Å². The molecule has 0 saturated heterocycles. The van der Waals surface area contributed by atoms with Crippen molar-refractivity contribution >= 4 is 0 Å². The molecule has 1 aromatic heterocycles. The summed E-state index contributed by atoms with van der Waals surface area (Å²) in [6.45, 7) is 4.12. The third-order valence-electron chi connectivity index (χ3n) is 2.90. The molecule has 1 unspecified atom stereocenters. The van der Waals surface area contributed by atoms with E-state index in [-0.39, 0.29) is 6.04 Å². The van der Waals surface area contributed by atoms with E-state index in [0.29, 0.717) is 5.82 Å². The lowest BCUT2D eigenvalue weighted by atomic mass is 10.0. The van der Waals surface area contributed by atoms with Gasteiger partial charge in [-0.2, -0.15) is 0 Å². The number of hydrogen-bond donors (Lipinski definition) is 1. The van der Waals surface area contributed by atoms with Gasteiger partial charge >= 0.3 is 0 Å². The highest BCUT2D eigenvalue weighted by Gasteiger charge is 2.07. The van der Waals surface area contributed by atoms with Crippen LogP contribution in [0.15, 0.2) is 36.7 Å². The number of benzene rings is 1. The van der Waals surface area contributed by atoms with E-state index < -0.39 is 0 Å². The van der Waals surface area contributed by atoms with Gasteiger partial charge in [0.1, 0.15) is 5.82 Å². The summed E-state index contributed by atoms with van der Waals surface area (Å²) in [5.41, 5.74) is 9.32. The zero-order valence-corrected chi connectivity index (χ0v) is 10.2. The van der Waals surface area contributed by atoms with Crippen molar-refractivity contribution in [3.05, 3.63) is 48.0 Å². The summed E-state index contributed by atoms with van der Waals surface area (Å²) in [7, 11) is 0. The zero-order valence-electron chi connectivity index (χ0n) is 10.2. The number of hydrogen-bond acceptors (Lipinski definition) is 3. The van der Waals surface area contributed by atoms with Crippen LogP contribution in [-0.4, -0.2) is 9.97 Å². The highest BCUT2D eigenvalue weighted by atomic mass is 14.9. The van der Waals surface area contributed by atoms with Crippen LogP contribution < -0.4 is 5.73 Å². The van der Waals surface area contributed by atoms with E-state index in [4.69, 9.17) is 5.73 Å². The maximum absolute atomic E-state index is 5.89. The average molecular weight is 227 g/mol. The molecule has 1 atom stereocenters. The maximum atomic E-state index is 5.89. The molecule has 0 radical (unpaired) electrons. The molecule has 0 aliphatic rings. The monoisotopic (exact) mass is 227 g/mol. The second kappa shape index (κ2) is 5.06. The molecule has 2 aromatic rings. The van der Waals surface area contributed by atoms with Crippen LogP contribution in [-0.2, 0) is 0 Å². The van der Waals surface area contributed by atoms with Gasteiger partial charge in [-0.3, -0.25) is 0 Å². The summed E-state index contributed by atoms with van der Waals surface area (Å²) in [5, 5.41) is 0. The molecular weight excluding hydrogens is 210 g/mol. The lowest BCUT2D eigenvalue weighted by Gasteiger charge is -2.09. The summed E-state index contributed by atoms with van der Waals surface area (Å²) in [6, 6.07) is 8.14. The van der Waals surface area contributed by atoms with E-state index in [0.717, 1.165) is 12.0 Å². The molecule has 0 bridgehead atoms. The van der Waals surface area contributed by atoms with Gasteiger partial charge in [-0.15, -0.1) is 0 Å². The van der Waals surface area contributed by atoms with Gasteiger partial charge in [0.25, 0.3) is 0 Å². The third-order valence-corrected chi connectivity index (χ3v) is 2.90. The lowest BCUT2D eigenvalue weighted by molar-refractivity contribution is 0.649. The quantitative estimate of drug-likeness (QED) is 0.877. The number of rotatable bonds is 3. The molecule has 2 N–H and O–H groups in total.